The molecule has 0 bridgehead atoms. The zero-order valence-corrected chi connectivity index (χ0v) is 16.4. The summed E-state index contributed by atoms with van der Waals surface area (Å²) in [6.45, 7) is 0.186. The topological polar surface area (TPSA) is 79.7 Å². The molecule has 1 atom stereocenters. The number of pyridine rings is 1. The van der Waals surface area contributed by atoms with Crippen molar-refractivity contribution in [3.8, 4) is 5.75 Å². The van der Waals surface area contributed by atoms with Crippen LogP contribution in [0.4, 0.5) is 0 Å². The summed E-state index contributed by atoms with van der Waals surface area (Å²) in [5.74, 6) is -0.980. The van der Waals surface area contributed by atoms with E-state index in [9.17, 15) is 14.7 Å². The smallest absolute Gasteiger partial charge is 0.295 e. The lowest BCUT2D eigenvalue weighted by atomic mass is 9.95. The third kappa shape index (κ3) is 3.55. The monoisotopic (exact) mass is 400 g/mol. The minimum absolute atomic E-state index is 0.0587. The first-order valence-corrected chi connectivity index (χ1v) is 9.47. The molecule has 4 rings (SSSR count). The number of amides is 1. The van der Waals surface area contributed by atoms with Crippen molar-refractivity contribution >= 4 is 17.4 Å². The fraction of sp³-hybridized carbons (Fsp3) is 0.125. The molecule has 1 aliphatic heterocycles. The maximum absolute atomic E-state index is 13.0. The summed E-state index contributed by atoms with van der Waals surface area (Å²) in [6, 6.07) is 18.8. The maximum Gasteiger partial charge on any atom is 0.295 e. The second-order valence-electron chi connectivity index (χ2n) is 6.93. The van der Waals surface area contributed by atoms with Crippen LogP contribution in [0, 0.1) is 0 Å². The first-order chi connectivity index (χ1) is 14.6. The highest BCUT2D eigenvalue weighted by molar-refractivity contribution is 6.46. The molecule has 1 fully saturated rings. The first kappa shape index (κ1) is 19.4. The quantitative estimate of drug-likeness (QED) is 0.401. The number of hydrogen-bond acceptors (Lipinski definition) is 5. The van der Waals surface area contributed by atoms with Crippen LogP contribution in [0.15, 0.2) is 84.7 Å². The SMILES string of the molecule is COc1cccc([C@H]2C(=C(O)c3ccccc3)C(=O)C(=O)N2Cc2cccnc2)c1. The van der Waals surface area contributed by atoms with E-state index >= 15 is 0 Å². The van der Waals surface area contributed by atoms with E-state index in [0.29, 0.717) is 16.9 Å². The van der Waals surface area contributed by atoms with E-state index in [1.54, 1.807) is 68.0 Å². The number of aromatic nitrogens is 1. The fourth-order valence-corrected chi connectivity index (χ4v) is 3.64. The number of rotatable bonds is 5. The van der Waals surface area contributed by atoms with Crippen molar-refractivity contribution in [3.05, 3.63) is 101 Å². The number of ketones is 1. The van der Waals surface area contributed by atoms with Crippen LogP contribution in [0.2, 0.25) is 0 Å². The van der Waals surface area contributed by atoms with Gasteiger partial charge in [0.15, 0.2) is 0 Å². The Morgan fingerprint density at radius 2 is 1.87 bits per heavy atom. The molecule has 1 amide bonds. The Balaban J connectivity index is 1.87. The number of carbonyl (C=O) groups is 2. The van der Waals surface area contributed by atoms with Gasteiger partial charge < -0.3 is 14.7 Å². The minimum atomic E-state index is -0.750. The van der Waals surface area contributed by atoms with Crippen molar-refractivity contribution in [3.63, 3.8) is 0 Å². The highest BCUT2D eigenvalue weighted by Gasteiger charge is 2.46. The van der Waals surface area contributed by atoms with Crippen molar-refractivity contribution in [2.75, 3.05) is 7.11 Å². The highest BCUT2D eigenvalue weighted by Crippen LogP contribution is 2.40. The molecule has 0 spiro atoms. The second-order valence-corrected chi connectivity index (χ2v) is 6.93. The maximum atomic E-state index is 13.0. The van der Waals surface area contributed by atoms with E-state index in [1.807, 2.05) is 18.2 Å². The van der Waals surface area contributed by atoms with Crippen LogP contribution in [0.25, 0.3) is 5.76 Å². The predicted molar refractivity (Wildman–Crippen MR) is 112 cm³/mol. The summed E-state index contributed by atoms with van der Waals surface area (Å²) in [4.78, 5) is 31.5. The molecule has 150 valence electrons. The highest BCUT2D eigenvalue weighted by atomic mass is 16.5. The number of hydrogen-bond donors (Lipinski definition) is 1. The molecule has 0 aliphatic carbocycles. The van der Waals surface area contributed by atoms with Gasteiger partial charge in [-0.2, -0.15) is 0 Å². The Labute approximate surface area is 174 Å². The zero-order valence-electron chi connectivity index (χ0n) is 16.4. The molecule has 6 heteroatoms. The van der Waals surface area contributed by atoms with Crippen molar-refractivity contribution in [2.24, 2.45) is 0 Å². The number of likely N-dealkylation sites (tertiary alicyclic amines) is 1. The van der Waals surface area contributed by atoms with E-state index in [0.717, 1.165) is 5.56 Å². The number of methoxy groups -OCH3 is 1. The minimum Gasteiger partial charge on any atom is -0.507 e. The van der Waals surface area contributed by atoms with Crippen molar-refractivity contribution < 1.29 is 19.4 Å². The molecule has 1 saturated heterocycles. The van der Waals surface area contributed by atoms with Gasteiger partial charge >= 0.3 is 0 Å². The molecule has 3 aromatic rings. The summed E-state index contributed by atoms with van der Waals surface area (Å²) in [6.07, 6.45) is 3.30. The van der Waals surface area contributed by atoms with Gasteiger partial charge in [-0.1, -0.05) is 48.5 Å². The first-order valence-electron chi connectivity index (χ1n) is 9.47. The summed E-state index contributed by atoms with van der Waals surface area (Å²) in [5.41, 5.74) is 2.00. The van der Waals surface area contributed by atoms with E-state index in [1.165, 1.54) is 4.90 Å². The average Bonchev–Trinajstić information content (AvgIpc) is 3.05. The van der Waals surface area contributed by atoms with E-state index in [-0.39, 0.29) is 17.9 Å². The van der Waals surface area contributed by atoms with Crippen molar-refractivity contribution in [2.45, 2.75) is 12.6 Å². The van der Waals surface area contributed by atoms with E-state index in [2.05, 4.69) is 4.98 Å². The van der Waals surface area contributed by atoms with Crippen LogP contribution in [0.5, 0.6) is 5.75 Å². The van der Waals surface area contributed by atoms with Crippen molar-refractivity contribution in [1.29, 1.82) is 0 Å². The van der Waals surface area contributed by atoms with Crippen LogP contribution in [-0.4, -0.2) is 33.8 Å². The Morgan fingerprint density at radius 1 is 1.07 bits per heavy atom. The molecule has 0 unspecified atom stereocenters. The number of benzene rings is 2. The largest absolute Gasteiger partial charge is 0.507 e. The van der Waals surface area contributed by atoms with Gasteiger partial charge in [-0.3, -0.25) is 14.6 Å². The second kappa shape index (κ2) is 8.21. The molecule has 2 heterocycles. The van der Waals surface area contributed by atoms with Crippen LogP contribution >= 0.6 is 0 Å². The molecule has 0 saturated carbocycles. The predicted octanol–water partition coefficient (Wildman–Crippen LogP) is 3.71. The van der Waals surface area contributed by atoms with E-state index < -0.39 is 17.7 Å². The summed E-state index contributed by atoms with van der Waals surface area (Å²) in [5, 5.41) is 11.0. The van der Waals surface area contributed by atoms with Crippen LogP contribution in [0.1, 0.15) is 22.7 Å². The molecule has 1 aromatic heterocycles. The number of aliphatic hydroxyl groups is 1. The van der Waals surface area contributed by atoms with Gasteiger partial charge in [0.25, 0.3) is 11.7 Å². The normalized spacial score (nSPS) is 17.9. The standard InChI is InChI=1S/C24H20N2O4/c1-30-19-11-5-10-18(13-19)21-20(22(27)17-8-3-2-4-9-17)23(28)24(29)26(21)15-16-7-6-12-25-14-16/h2-14,21,27H,15H2,1H3/t21-/m0/s1. The van der Waals surface area contributed by atoms with Gasteiger partial charge in [0.2, 0.25) is 0 Å². The van der Waals surface area contributed by atoms with Gasteiger partial charge in [-0.15, -0.1) is 0 Å². The van der Waals surface area contributed by atoms with Crippen LogP contribution in [-0.2, 0) is 16.1 Å². The molecule has 1 aliphatic rings. The lowest BCUT2D eigenvalue weighted by molar-refractivity contribution is -0.140. The third-order valence-corrected chi connectivity index (χ3v) is 5.07. The van der Waals surface area contributed by atoms with Gasteiger partial charge in [0.1, 0.15) is 11.5 Å². The fourth-order valence-electron chi connectivity index (χ4n) is 3.64. The Bertz CT molecular complexity index is 1110. The molecule has 1 N–H and O–H groups in total. The molecular weight excluding hydrogens is 380 g/mol. The Kier molecular flexibility index (Phi) is 5.30. The third-order valence-electron chi connectivity index (χ3n) is 5.07. The Morgan fingerprint density at radius 3 is 2.57 bits per heavy atom. The van der Waals surface area contributed by atoms with Gasteiger partial charge in [-0.05, 0) is 29.3 Å². The molecule has 2 aromatic carbocycles. The number of Topliss-reactive ketones (excluding diaryl/α,β-unsaturated/α-hetero) is 1. The molecule has 0 radical (unpaired) electrons. The Hall–Kier alpha value is -3.93. The number of aliphatic hydroxyl groups excluding tert-OH is 1. The lowest BCUT2D eigenvalue weighted by Crippen LogP contribution is -2.29. The van der Waals surface area contributed by atoms with Gasteiger partial charge in [0, 0.05) is 24.5 Å². The molecular formula is C24H20N2O4. The van der Waals surface area contributed by atoms with Crippen LogP contribution < -0.4 is 4.74 Å². The number of ether oxygens (including phenoxy) is 1. The summed E-state index contributed by atoms with van der Waals surface area (Å²) >= 11 is 0. The van der Waals surface area contributed by atoms with Crippen molar-refractivity contribution in [1.82, 2.24) is 9.88 Å². The number of carbonyl (C=O) groups excluding carboxylic acids is 2. The van der Waals surface area contributed by atoms with Gasteiger partial charge in [-0.25, -0.2) is 0 Å². The average molecular weight is 400 g/mol. The zero-order chi connectivity index (χ0) is 21.1. The molecule has 6 nitrogen and oxygen atoms in total. The summed E-state index contributed by atoms with van der Waals surface area (Å²) < 4.78 is 5.33. The molecule has 30 heavy (non-hydrogen) atoms. The van der Waals surface area contributed by atoms with Gasteiger partial charge in [0.05, 0.1) is 18.7 Å². The van der Waals surface area contributed by atoms with E-state index in [4.69, 9.17) is 4.74 Å². The number of nitrogens with zero attached hydrogens (tertiary/aromatic N) is 2. The lowest BCUT2D eigenvalue weighted by Gasteiger charge is -2.25. The summed E-state index contributed by atoms with van der Waals surface area (Å²) in [7, 11) is 1.55. The van der Waals surface area contributed by atoms with Crippen LogP contribution in [0.3, 0.4) is 0 Å².